The van der Waals surface area contributed by atoms with E-state index in [0.29, 0.717) is 18.0 Å². The highest BCUT2D eigenvalue weighted by molar-refractivity contribution is 5.87. The molecule has 0 bridgehead atoms. The van der Waals surface area contributed by atoms with Crippen molar-refractivity contribution in [2.24, 2.45) is 0 Å². The average molecular weight is 334 g/mol. The number of rotatable bonds is 4. The number of fused-ring (bicyclic) bond motifs is 1. The lowest BCUT2D eigenvalue weighted by Crippen LogP contribution is -2.30. The molecule has 0 radical (unpaired) electrons. The quantitative estimate of drug-likeness (QED) is 0.762. The van der Waals surface area contributed by atoms with Gasteiger partial charge >= 0.3 is 0 Å². The van der Waals surface area contributed by atoms with Gasteiger partial charge in [0.2, 0.25) is 0 Å². The fraction of sp³-hybridized carbons (Fsp3) is 0.316. The number of para-hydroxylation sites is 1. The lowest BCUT2D eigenvalue weighted by Gasteiger charge is -2.30. The van der Waals surface area contributed by atoms with Crippen LogP contribution in [0.3, 0.4) is 0 Å². The fourth-order valence-electron chi connectivity index (χ4n) is 3.38. The van der Waals surface area contributed by atoms with Crippen LogP contribution in [-0.4, -0.2) is 28.0 Å². The number of nitrogen functional groups attached to an aromatic ring is 1. The number of piperidine rings is 1. The summed E-state index contributed by atoms with van der Waals surface area (Å²) in [6, 6.07) is 12.3. The fourth-order valence-corrected chi connectivity index (χ4v) is 3.38. The largest absolute Gasteiger partial charge is 0.384 e. The predicted octanol–water partition coefficient (Wildman–Crippen LogP) is 3.21. The van der Waals surface area contributed by atoms with Crippen molar-refractivity contribution >= 4 is 28.4 Å². The molecule has 0 unspecified atom stereocenters. The van der Waals surface area contributed by atoms with Gasteiger partial charge in [-0.1, -0.05) is 18.2 Å². The van der Waals surface area contributed by atoms with E-state index in [-0.39, 0.29) is 0 Å². The van der Waals surface area contributed by atoms with Crippen molar-refractivity contribution in [1.29, 1.82) is 0 Å². The minimum Gasteiger partial charge on any atom is -0.384 e. The molecule has 1 saturated heterocycles. The lowest BCUT2D eigenvalue weighted by atomic mass is 10.1. The molecule has 6 heteroatoms. The standard InChI is InChI=1S/C19H22N6/c20-17-9-8-15-18(22-13-23-19(15)24-17)21-12-14-6-2-3-7-16(14)25-10-4-1-5-11-25/h2-3,6-9,13H,1,4-5,10-12H2,(H3,20,21,22,23,24). The van der Waals surface area contributed by atoms with Crippen LogP contribution in [-0.2, 0) is 6.54 Å². The molecule has 6 nitrogen and oxygen atoms in total. The van der Waals surface area contributed by atoms with Gasteiger partial charge in [0.25, 0.3) is 0 Å². The highest BCUT2D eigenvalue weighted by atomic mass is 15.1. The number of aromatic nitrogens is 3. The molecule has 128 valence electrons. The Morgan fingerprint density at radius 2 is 1.84 bits per heavy atom. The minimum atomic E-state index is 0.465. The van der Waals surface area contributed by atoms with Gasteiger partial charge in [-0.05, 0) is 43.0 Å². The molecule has 4 rings (SSSR count). The molecule has 1 aromatic carbocycles. The summed E-state index contributed by atoms with van der Waals surface area (Å²) < 4.78 is 0. The zero-order valence-electron chi connectivity index (χ0n) is 14.2. The zero-order chi connectivity index (χ0) is 17.1. The molecule has 25 heavy (non-hydrogen) atoms. The molecule has 1 aliphatic heterocycles. The maximum Gasteiger partial charge on any atom is 0.166 e. The Hall–Kier alpha value is -2.89. The van der Waals surface area contributed by atoms with Gasteiger partial charge in [0.1, 0.15) is 18.0 Å². The number of benzene rings is 1. The molecule has 1 fully saturated rings. The number of nitrogens with zero attached hydrogens (tertiary/aromatic N) is 4. The zero-order valence-corrected chi connectivity index (χ0v) is 14.2. The number of hydrogen-bond donors (Lipinski definition) is 2. The second-order valence-corrected chi connectivity index (χ2v) is 6.36. The van der Waals surface area contributed by atoms with Crippen molar-refractivity contribution in [3.8, 4) is 0 Å². The highest BCUT2D eigenvalue weighted by Crippen LogP contribution is 2.26. The first-order valence-corrected chi connectivity index (χ1v) is 8.75. The van der Waals surface area contributed by atoms with E-state index in [1.807, 2.05) is 6.07 Å². The Balaban J connectivity index is 1.58. The van der Waals surface area contributed by atoms with Crippen LogP contribution in [0.25, 0.3) is 11.0 Å². The van der Waals surface area contributed by atoms with E-state index in [9.17, 15) is 0 Å². The van der Waals surface area contributed by atoms with Crippen molar-refractivity contribution in [3.63, 3.8) is 0 Å². The Labute approximate surface area is 147 Å². The van der Waals surface area contributed by atoms with Gasteiger partial charge in [-0.15, -0.1) is 0 Å². The van der Waals surface area contributed by atoms with E-state index in [4.69, 9.17) is 5.73 Å². The number of anilines is 3. The first-order valence-electron chi connectivity index (χ1n) is 8.75. The smallest absolute Gasteiger partial charge is 0.166 e. The van der Waals surface area contributed by atoms with Gasteiger partial charge in [-0.2, -0.15) is 0 Å². The number of pyridine rings is 1. The molecule has 0 amide bonds. The molecule has 1 aliphatic rings. The first kappa shape index (κ1) is 15.6. The topological polar surface area (TPSA) is 80.0 Å². The van der Waals surface area contributed by atoms with E-state index < -0.39 is 0 Å². The van der Waals surface area contributed by atoms with E-state index in [1.54, 1.807) is 6.07 Å². The molecule has 3 heterocycles. The lowest BCUT2D eigenvalue weighted by molar-refractivity contribution is 0.576. The SMILES string of the molecule is Nc1ccc2c(NCc3ccccc3N3CCCCC3)ncnc2n1. The van der Waals surface area contributed by atoms with Crippen LogP contribution in [0.4, 0.5) is 17.3 Å². The summed E-state index contributed by atoms with van der Waals surface area (Å²) in [4.78, 5) is 15.3. The third-order valence-corrected chi connectivity index (χ3v) is 4.65. The Kier molecular flexibility index (Phi) is 4.33. The summed E-state index contributed by atoms with van der Waals surface area (Å²) >= 11 is 0. The van der Waals surface area contributed by atoms with Gasteiger partial charge in [0, 0.05) is 25.3 Å². The van der Waals surface area contributed by atoms with E-state index in [2.05, 4.69) is 49.4 Å². The third kappa shape index (κ3) is 3.33. The van der Waals surface area contributed by atoms with Crippen LogP contribution < -0.4 is 16.0 Å². The minimum absolute atomic E-state index is 0.465. The van der Waals surface area contributed by atoms with E-state index >= 15 is 0 Å². The van der Waals surface area contributed by atoms with Gasteiger partial charge in [-0.25, -0.2) is 15.0 Å². The average Bonchev–Trinajstić information content (AvgIpc) is 2.67. The van der Waals surface area contributed by atoms with Gasteiger partial charge in [0.05, 0.1) is 5.39 Å². The molecular weight excluding hydrogens is 312 g/mol. The summed E-state index contributed by atoms with van der Waals surface area (Å²) in [5, 5.41) is 4.33. The summed E-state index contributed by atoms with van der Waals surface area (Å²) in [6.07, 6.45) is 5.39. The molecular formula is C19H22N6. The van der Waals surface area contributed by atoms with E-state index in [0.717, 1.165) is 24.3 Å². The molecule has 2 aromatic heterocycles. The highest BCUT2D eigenvalue weighted by Gasteiger charge is 2.14. The maximum atomic E-state index is 5.74. The summed E-state index contributed by atoms with van der Waals surface area (Å²) in [7, 11) is 0. The number of nitrogens with two attached hydrogens (primary N) is 1. The third-order valence-electron chi connectivity index (χ3n) is 4.65. The summed E-state index contributed by atoms with van der Waals surface area (Å²) in [5.41, 5.74) is 8.95. The van der Waals surface area contributed by atoms with Gasteiger partial charge in [0.15, 0.2) is 5.65 Å². The van der Waals surface area contributed by atoms with Crippen molar-refractivity contribution in [1.82, 2.24) is 15.0 Å². The van der Waals surface area contributed by atoms with Crippen LogP contribution in [0.5, 0.6) is 0 Å². The normalized spacial score (nSPS) is 14.6. The molecule has 0 aliphatic carbocycles. The van der Waals surface area contributed by atoms with Crippen LogP contribution in [0.1, 0.15) is 24.8 Å². The number of hydrogen-bond acceptors (Lipinski definition) is 6. The molecule has 3 N–H and O–H groups in total. The van der Waals surface area contributed by atoms with Crippen LogP contribution in [0.2, 0.25) is 0 Å². The monoisotopic (exact) mass is 334 g/mol. The van der Waals surface area contributed by atoms with Gasteiger partial charge < -0.3 is 16.0 Å². The van der Waals surface area contributed by atoms with Crippen LogP contribution in [0.15, 0.2) is 42.7 Å². The summed E-state index contributed by atoms with van der Waals surface area (Å²) in [5.74, 6) is 1.25. The van der Waals surface area contributed by atoms with Crippen molar-refractivity contribution in [3.05, 3.63) is 48.3 Å². The second kappa shape index (κ2) is 6.93. The van der Waals surface area contributed by atoms with Crippen molar-refractivity contribution in [2.45, 2.75) is 25.8 Å². The summed E-state index contributed by atoms with van der Waals surface area (Å²) in [6.45, 7) is 2.98. The molecule has 0 spiro atoms. The van der Waals surface area contributed by atoms with Crippen molar-refractivity contribution < 1.29 is 0 Å². The second-order valence-electron chi connectivity index (χ2n) is 6.36. The Bertz CT molecular complexity index is 873. The maximum absolute atomic E-state index is 5.74. The first-order chi connectivity index (χ1) is 12.3. The Morgan fingerprint density at radius 3 is 2.72 bits per heavy atom. The molecule has 0 saturated carbocycles. The predicted molar refractivity (Wildman–Crippen MR) is 102 cm³/mol. The van der Waals surface area contributed by atoms with Crippen LogP contribution in [0, 0.1) is 0 Å². The van der Waals surface area contributed by atoms with E-state index in [1.165, 1.54) is 36.8 Å². The molecule has 3 aromatic rings. The number of nitrogens with one attached hydrogen (secondary N) is 1. The van der Waals surface area contributed by atoms with Gasteiger partial charge in [-0.3, -0.25) is 0 Å². The van der Waals surface area contributed by atoms with Crippen LogP contribution >= 0.6 is 0 Å². The Morgan fingerprint density at radius 1 is 1.00 bits per heavy atom. The van der Waals surface area contributed by atoms with Crippen molar-refractivity contribution in [2.75, 3.05) is 29.0 Å². The molecule has 0 atom stereocenters.